The van der Waals surface area contributed by atoms with Crippen molar-refractivity contribution >= 4 is 0 Å². The Hall–Kier alpha value is -0.0800. The summed E-state index contributed by atoms with van der Waals surface area (Å²) in [5, 5.41) is 3.69. The van der Waals surface area contributed by atoms with Crippen LogP contribution in [0.5, 0.6) is 0 Å². The van der Waals surface area contributed by atoms with Crippen LogP contribution in [0.4, 0.5) is 0 Å². The van der Waals surface area contributed by atoms with E-state index in [1.807, 2.05) is 0 Å². The number of hydrogen-bond acceptors (Lipinski definition) is 2. The highest BCUT2D eigenvalue weighted by molar-refractivity contribution is 4.87. The van der Waals surface area contributed by atoms with Crippen LogP contribution in [0.3, 0.4) is 0 Å². The molecule has 0 amide bonds. The minimum absolute atomic E-state index is 0.220. The van der Waals surface area contributed by atoms with E-state index in [-0.39, 0.29) is 5.54 Å². The molecule has 3 atom stereocenters. The minimum Gasteiger partial charge on any atom is -0.311 e. The van der Waals surface area contributed by atoms with E-state index in [1.54, 1.807) is 0 Å². The molecule has 1 N–H and O–H groups in total. The molecule has 2 heteroatoms. The van der Waals surface area contributed by atoms with E-state index in [4.69, 9.17) is 0 Å². The fraction of sp³-hybridized carbons (Fsp3) is 1.00. The summed E-state index contributed by atoms with van der Waals surface area (Å²) in [6.07, 6.45) is 2.76. The van der Waals surface area contributed by atoms with Gasteiger partial charge < -0.3 is 5.32 Å². The van der Waals surface area contributed by atoms with E-state index < -0.39 is 0 Å². The van der Waals surface area contributed by atoms with E-state index >= 15 is 0 Å². The standard InChI is InChI=1S/C16H34N2/c1-12(2)15(10-17-16(5,6)7)18-11-13(3)8-9-14(18)4/h12-15,17H,8-11H2,1-7H3. The van der Waals surface area contributed by atoms with Crippen LogP contribution in [-0.2, 0) is 0 Å². The van der Waals surface area contributed by atoms with Gasteiger partial charge in [-0.2, -0.15) is 0 Å². The van der Waals surface area contributed by atoms with Gasteiger partial charge in [0.05, 0.1) is 0 Å². The molecule has 1 fully saturated rings. The molecule has 2 nitrogen and oxygen atoms in total. The Balaban J connectivity index is 2.65. The van der Waals surface area contributed by atoms with Crippen LogP contribution >= 0.6 is 0 Å². The molecule has 0 aromatic heterocycles. The van der Waals surface area contributed by atoms with Crippen LogP contribution in [0, 0.1) is 11.8 Å². The number of piperidine rings is 1. The molecule has 18 heavy (non-hydrogen) atoms. The Bertz CT molecular complexity index is 242. The van der Waals surface area contributed by atoms with E-state index in [1.165, 1.54) is 19.4 Å². The molecule has 1 saturated heterocycles. The summed E-state index contributed by atoms with van der Waals surface area (Å²) < 4.78 is 0. The molecule has 0 radical (unpaired) electrons. The summed E-state index contributed by atoms with van der Waals surface area (Å²) in [5.41, 5.74) is 0.220. The molecule has 3 unspecified atom stereocenters. The third-order valence-electron chi connectivity index (χ3n) is 4.20. The summed E-state index contributed by atoms with van der Waals surface area (Å²) in [7, 11) is 0. The van der Waals surface area contributed by atoms with E-state index in [9.17, 15) is 0 Å². The first-order valence-electron chi connectivity index (χ1n) is 7.71. The van der Waals surface area contributed by atoms with Gasteiger partial charge in [-0.05, 0) is 52.4 Å². The van der Waals surface area contributed by atoms with Crippen molar-refractivity contribution in [3.8, 4) is 0 Å². The van der Waals surface area contributed by atoms with Gasteiger partial charge in [0.2, 0.25) is 0 Å². The Kier molecular flexibility index (Phi) is 5.67. The highest BCUT2D eigenvalue weighted by atomic mass is 15.2. The first-order chi connectivity index (χ1) is 8.20. The lowest BCUT2D eigenvalue weighted by molar-refractivity contribution is 0.0511. The van der Waals surface area contributed by atoms with E-state index in [0.717, 1.165) is 18.5 Å². The Morgan fingerprint density at radius 2 is 1.78 bits per heavy atom. The third-order valence-corrected chi connectivity index (χ3v) is 4.20. The van der Waals surface area contributed by atoms with Crippen LogP contribution in [0.2, 0.25) is 0 Å². The summed E-state index contributed by atoms with van der Waals surface area (Å²) >= 11 is 0. The van der Waals surface area contributed by atoms with Crippen LogP contribution in [0.25, 0.3) is 0 Å². The van der Waals surface area contributed by atoms with Crippen molar-refractivity contribution in [2.24, 2.45) is 11.8 Å². The van der Waals surface area contributed by atoms with Gasteiger partial charge in [0.1, 0.15) is 0 Å². The Labute approximate surface area is 115 Å². The SMILES string of the molecule is CC1CCC(C)N(C(CNC(C)(C)C)C(C)C)C1. The average Bonchev–Trinajstić information content (AvgIpc) is 2.21. The van der Waals surface area contributed by atoms with Crippen molar-refractivity contribution in [2.75, 3.05) is 13.1 Å². The predicted octanol–water partition coefficient (Wildman–Crippen LogP) is 3.52. The molecule has 1 aliphatic rings. The second-order valence-electron chi connectivity index (χ2n) is 7.67. The first-order valence-corrected chi connectivity index (χ1v) is 7.71. The molecular formula is C16H34N2. The van der Waals surface area contributed by atoms with Gasteiger partial charge in [0, 0.05) is 30.7 Å². The lowest BCUT2D eigenvalue weighted by atomic mass is 9.90. The molecule has 0 spiro atoms. The largest absolute Gasteiger partial charge is 0.311 e. The van der Waals surface area contributed by atoms with Gasteiger partial charge >= 0.3 is 0 Å². The van der Waals surface area contributed by atoms with Gasteiger partial charge in [-0.25, -0.2) is 0 Å². The maximum atomic E-state index is 3.69. The zero-order valence-electron chi connectivity index (χ0n) is 13.6. The lowest BCUT2D eigenvalue weighted by Gasteiger charge is -2.44. The van der Waals surface area contributed by atoms with Gasteiger partial charge in [-0.15, -0.1) is 0 Å². The number of likely N-dealkylation sites (tertiary alicyclic amines) is 1. The van der Waals surface area contributed by atoms with Crippen LogP contribution in [-0.4, -0.2) is 35.6 Å². The second-order valence-corrected chi connectivity index (χ2v) is 7.67. The second kappa shape index (κ2) is 6.38. The molecule has 0 aromatic rings. The Morgan fingerprint density at radius 1 is 1.17 bits per heavy atom. The van der Waals surface area contributed by atoms with Crippen molar-refractivity contribution in [2.45, 2.75) is 78.9 Å². The zero-order valence-corrected chi connectivity index (χ0v) is 13.6. The highest BCUT2D eigenvalue weighted by Crippen LogP contribution is 2.26. The highest BCUT2D eigenvalue weighted by Gasteiger charge is 2.31. The Morgan fingerprint density at radius 3 is 2.28 bits per heavy atom. The van der Waals surface area contributed by atoms with E-state index in [2.05, 4.69) is 58.7 Å². The summed E-state index contributed by atoms with van der Waals surface area (Å²) in [5.74, 6) is 1.57. The molecule has 0 aliphatic carbocycles. The smallest absolute Gasteiger partial charge is 0.0246 e. The van der Waals surface area contributed by atoms with Crippen molar-refractivity contribution in [1.82, 2.24) is 10.2 Å². The number of hydrogen-bond donors (Lipinski definition) is 1. The summed E-state index contributed by atoms with van der Waals surface area (Å²) in [6.45, 7) is 18.7. The fourth-order valence-electron chi connectivity index (χ4n) is 2.93. The fourth-order valence-corrected chi connectivity index (χ4v) is 2.93. The summed E-state index contributed by atoms with van der Waals surface area (Å²) in [4.78, 5) is 2.75. The normalized spacial score (nSPS) is 28.7. The van der Waals surface area contributed by atoms with Gasteiger partial charge in [-0.1, -0.05) is 20.8 Å². The molecule has 0 bridgehead atoms. The molecule has 0 saturated carbocycles. The maximum Gasteiger partial charge on any atom is 0.0246 e. The summed E-state index contributed by atoms with van der Waals surface area (Å²) in [6, 6.07) is 1.41. The first kappa shape index (κ1) is 16.0. The maximum absolute atomic E-state index is 3.69. The number of nitrogens with zero attached hydrogens (tertiary/aromatic N) is 1. The van der Waals surface area contributed by atoms with Crippen molar-refractivity contribution in [3.63, 3.8) is 0 Å². The number of rotatable bonds is 4. The van der Waals surface area contributed by atoms with Gasteiger partial charge in [-0.3, -0.25) is 4.90 Å². The van der Waals surface area contributed by atoms with Crippen molar-refractivity contribution < 1.29 is 0 Å². The van der Waals surface area contributed by atoms with Crippen molar-refractivity contribution in [1.29, 1.82) is 0 Å². The molecule has 0 aromatic carbocycles. The molecular weight excluding hydrogens is 220 g/mol. The number of nitrogens with one attached hydrogen (secondary N) is 1. The predicted molar refractivity (Wildman–Crippen MR) is 80.9 cm³/mol. The lowest BCUT2D eigenvalue weighted by Crippen LogP contribution is -2.55. The molecule has 1 heterocycles. The molecule has 108 valence electrons. The monoisotopic (exact) mass is 254 g/mol. The van der Waals surface area contributed by atoms with E-state index in [0.29, 0.717) is 12.0 Å². The van der Waals surface area contributed by atoms with Crippen LogP contribution < -0.4 is 5.32 Å². The minimum atomic E-state index is 0.220. The third kappa shape index (κ3) is 4.89. The van der Waals surface area contributed by atoms with Crippen molar-refractivity contribution in [3.05, 3.63) is 0 Å². The van der Waals surface area contributed by atoms with Gasteiger partial charge in [0.25, 0.3) is 0 Å². The average molecular weight is 254 g/mol. The quantitative estimate of drug-likeness (QED) is 0.826. The topological polar surface area (TPSA) is 15.3 Å². The molecule has 1 rings (SSSR count). The molecule has 1 aliphatic heterocycles. The van der Waals surface area contributed by atoms with Crippen LogP contribution in [0.1, 0.15) is 61.3 Å². The zero-order chi connectivity index (χ0) is 13.9. The van der Waals surface area contributed by atoms with Crippen LogP contribution in [0.15, 0.2) is 0 Å². The van der Waals surface area contributed by atoms with Gasteiger partial charge in [0.15, 0.2) is 0 Å².